The smallest absolute Gasteiger partial charge is 0.227 e. The van der Waals surface area contributed by atoms with E-state index in [4.69, 9.17) is 4.98 Å². The maximum atomic E-state index is 12.2. The minimum absolute atomic E-state index is 0.0638. The quantitative estimate of drug-likeness (QED) is 0.739. The summed E-state index contributed by atoms with van der Waals surface area (Å²) < 4.78 is 12.2. The fourth-order valence-electron chi connectivity index (χ4n) is 4.87. The summed E-state index contributed by atoms with van der Waals surface area (Å²) in [5.74, 6) is 1.90. The molecule has 1 aliphatic heterocycles. The number of nitrogens with zero attached hydrogens (tertiary/aromatic N) is 3. The van der Waals surface area contributed by atoms with E-state index < -0.39 is 10.8 Å². The van der Waals surface area contributed by atoms with Crippen LogP contribution in [0.5, 0.6) is 0 Å². The van der Waals surface area contributed by atoms with Crippen LogP contribution in [0.1, 0.15) is 54.7 Å². The van der Waals surface area contributed by atoms with Gasteiger partial charge in [0.1, 0.15) is 5.82 Å². The first kappa shape index (κ1) is 19.9. The number of aliphatic hydroxyl groups excluding tert-OH is 1. The van der Waals surface area contributed by atoms with Gasteiger partial charge in [-0.2, -0.15) is 4.98 Å². The molecule has 1 atom stereocenters. The van der Waals surface area contributed by atoms with Crippen LogP contribution < -0.4 is 10.2 Å². The van der Waals surface area contributed by atoms with Crippen molar-refractivity contribution in [2.75, 3.05) is 36.2 Å². The molecule has 3 aliphatic rings. The van der Waals surface area contributed by atoms with Crippen molar-refractivity contribution in [1.29, 1.82) is 0 Å². The first-order valence-corrected chi connectivity index (χ1v) is 12.6. The lowest BCUT2D eigenvalue weighted by molar-refractivity contribution is 0.143. The average Bonchev–Trinajstić information content (AvgIpc) is 2.71. The Hall–Kier alpha value is -1.99. The van der Waals surface area contributed by atoms with Crippen LogP contribution in [0.2, 0.25) is 0 Å². The summed E-state index contributed by atoms with van der Waals surface area (Å²) >= 11 is 0. The molecule has 2 aromatic rings. The number of aromatic nitrogens is 2. The summed E-state index contributed by atoms with van der Waals surface area (Å²) in [6.07, 6.45) is 10.9. The van der Waals surface area contributed by atoms with Gasteiger partial charge in [-0.15, -0.1) is 0 Å². The van der Waals surface area contributed by atoms with Crippen LogP contribution in [-0.2, 0) is 23.6 Å². The van der Waals surface area contributed by atoms with E-state index in [1.165, 1.54) is 29.5 Å². The van der Waals surface area contributed by atoms with E-state index in [1.807, 2.05) is 0 Å². The molecule has 1 saturated carbocycles. The summed E-state index contributed by atoms with van der Waals surface area (Å²) in [5.41, 5.74) is 4.20. The Bertz CT molecular complexity index is 962. The fraction of sp³-hybridized carbons (Fsp3) is 0.565. The number of aryl methyl sites for hydroxylation is 2. The number of rotatable bonds is 6. The third-order valence-electron chi connectivity index (χ3n) is 7.19. The van der Waals surface area contributed by atoms with E-state index in [-0.39, 0.29) is 12.1 Å². The van der Waals surface area contributed by atoms with Gasteiger partial charge in [-0.25, -0.2) is 4.98 Å². The van der Waals surface area contributed by atoms with E-state index in [0.29, 0.717) is 22.6 Å². The number of nitrogens with one attached hydrogen (secondary N) is 1. The van der Waals surface area contributed by atoms with Crippen molar-refractivity contribution in [3.05, 3.63) is 41.1 Å². The predicted molar refractivity (Wildman–Crippen MR) is 120 cm³/mol. The lowest BCUT2D eigenvalue weighted by Gasteiger charge is -2.41. The molecular weight excluding hydrogens is 396 g/mol. The van der Waals surface area contributed by atoms with Crippen molar-refractivity contribution in [1.82, 2.24) is 9.97 Å². The summed E-state index contributed by atoms with van der Waals surface area (Å²) in [6, 6.07) is 7.04. The van der Waals surface area contributed by atoms with Crippen molar-refractivity contribution < 1.29 is 9.32 Å². The van der Waals surface area contributed by atoms with Gasteiger partial charge in [-0.05, 0) is 67.6 Å². The Kier molecular flexibility index (Phi) is 5.27. The molecule has 160 valence electrons. The zero-order valence-electron chi connectivity index (χ0n) is 17.6. The standard InChI is InChI=1S/C23H30N4O2S/c1-30(29)20-14-24-22(25-21(20)26-23(15-28)9-2-10-23)27-11-7-17(8-12-27)19-6-4-16-3-5-18(16)13-19/h4,6,13-14,17,28H,2-3,5,7-12,15H2,1H3,(H,24,25,26)/t30-/m0/s1. The third kappa shape index (κ3) is 3.62. The van der Waals surface area contributed by atoms with Gasteiger partial charge in [-0.1, -0.05) is 18.2 Å². The molecule has 1 aromatic carbocycles. The second-order valence-electron chi connectivity index (χ2n) is 9.04. The van der Waals surface area contributed by atoms with Crippen molar-refractivity contribution in [2.45, 2.75) is 61.3 Å². The minimum Gasteiger partial charge on any atom is -0.394 e. The second kappa shape index (κ2) is 7.93. The lowest BCUT2D eigenvalue weighted by atomic mass is 9.77. The molecule has 1 saturated heterocycles. The molecule has 0 amide bonds. The topological polar surface area (TPSA) is 78.4 Å². The van der Waals surface area contributed by atoms with Gasteiger partial charge in [0.05, 0.1) is 34.0 Å². The van der Waals surface area contributed by atoms with Gasteiger partial charge in [0, 0.05) is 19.3 Å². The van der Waals surface area contributed by atoms with Gasteiger partial charge in [0.15, 0.2) is 0 Å². The minimum atomic E-state index is -1.19. The van der Waals surface area contributed by atoms with E-state index >= 15 is 0 Å². The number of piperidine rings is 1. The highest BCUT2D eigenvalue weighted by molar-refractivity contribution is 7.84. The zero-order chi connectivity index (χ0) is 20.7. The van der Waals surface area contributed by atoms with Crippen molar-refractivity contribution >= 4 is 22.6 Å². The van der Waals surface area contributed by atoms with Gasteiger partial charge < -0.3 is 15.3 Å². The normalized spacial score (nSPS) is 21.3. The van der Waals surface area contributed by atoms with Crippen molar-refractivity contribution in [2.24, 2.45) is 0 Å². The van der Waals surface area contributed by atoms with Crippen molar-refractivity contribution in [3.63, 3.8) is 0 Å². The molecule has 2 aliphatic carbocycles. The highest BCUT2D eigenvalue weighted by atomic mass is 32.2. The van der Waals surface area contributed by atoms with Crippen molar-refractivity contribution in [3.8, 4) is 0 Å². The van der Waals surface area contributed by atoms with Gasteiger partial charge in [0.25, 0.3) is 0 Å². The fourth-order valence-corrected chi connectivity index (χ4v) is 5.44. The van der Waals surface area contributed by atoms with Gasteiger partial charge in [0.2, 0.25) is 5.95 Å². The largest absolute Gasteiger partial charge is 0.394 e. The molecular formula is C23H30N4O2S. The van der Waals surface area contributed by atoms with Crippen LogP contribution in [0.3, 0.4) is 0 Å². The molecule has 2 N–H and O–H groups in total. The lowest BCUT2D eigenvalue weighted by Crippen LogP contribution is -2.48. The Morgan fingerprint density at radius 3 is 2.57 bits per heavy atom. The molecule has 7 heteroatoms. The van der Waals surface area contributed by atoms with Crippen LogP contribution in [0.4, 0.5) is 11.8 Å². The van der Waals surface area contributed by atoms with E-state index in [1.54, 1.807) is 12.5 Å². The number of benzene rings is 1. The van der Waals surface area contributed by atoms with Gasteiger partial charge >= 0.3 is 0 Å². The number of fused-ring (bicyclic) bond motifs is 1. The first-order valence-electron chi connectivity index (χ1n) is 11.0. The van der Waals surface area contributed by atoms with Crippen LogP contribution in [0, 0.1) is 0 Å². The van der Waals surface area contributed by atoms with Crippen LogP contribution in [0.25, 0.3) is 0 Å². The molecule has 5 rings (SSSR count). The Labute approximate surface area is 180 Å². The van der Waals surface area contributed by atoms with E-state index in [2.05, 4.69) is 33.4 Å². The molecule has 2 fully saturated rings. The average molecular weight is 427 g/mol. The second-order valence-corrected chi connectivity index (χ2v) is 10.4. The molecule has 1 aromatic heterocycles. The first-order chi connectivity index (χ1) is 14.6. The Morgan fingerprint density at radius 1 is 1.23 bits per heavy atom. The Balaban J connectivity index is 1.31. The summed E-state index contributed by atoms with van der Waals surface area (Å²) in [7, 11) is -1.19. The molecule has 2 heterocycles. The predicted octanol–water partition coefficient (Wildman–Crippen LogP) is 3.02. The highest BCUT2D eigenvalue weighted by Crippen LogP contribution is 2.37. The summed E-state index contributed by atoms with van der Waals surface area (Å²) in [4.78, 5) is 12.1. The van der Waals surface area contributed by atoms with Crippen LogP contribution >= 0.6 is 0 Å². The zero-order valence-corrected chi connectivity index (χ0v) is 18.4. The molecule has 0 spiro atoms. The maximum Gasteiger partial charge on any atom is 0.227 e. The Morgan fingerprint density at radius 2 is 2.00 bits per heavy atom. The maximum absolute atomic E-state index is 12.2. The molecule has 30 heavy (non-hydrogen) atoms. The van der Waals surface area contributed by atoms with Gasteiger partial charge in [-0.3, -0.25) is 4.21 Å². The summed E-state index contributed by atoms with van der Waals surface area (Å²) in [5, 5.41) is 13.2. The molecule has 0 bridgehead atoms. The number of hydrogen-bond donors (Lipinski definition) is 2. The molecule has 0 unspecified atom stereocenters. The summed E-state index contributed by atoms with van der Waals surface area (Å²) in [6.45, 7) is 1.90. The molecule has 0 radical (unpaired) electrons. The monoisotopic (exact) mass is 426 g/mol. The highest BCUT2D eigenvalue weighted by Gasteiger charge is 2.37. The van der Waals surface area contributed by atoms with E-state index in [0.717, 1.165) is 45.2 Å². The SMILES string of the molecule is C[S@](=O)c1cnc(N2CCC(c3ccc4c(c3)CC4)CC2)nc1NC1(CO)CCC1. The third-order valence-corrected chi connectivity index (χ3v) is 8.11. The van der Waals surface area contributed by atoms with Crippen LogP contribution in [-0.4, -0.2) is 50.8 Å². The number of hydrogen-bond acceptors (Lipinski definition) is 6. The molecule has 6 nitrogen and oxygen atoms in total. The number of anilines is 2. The van der Waals surface area contributed by atoms with E-state index in [9.17, 15) is 9.32 Å². The van der Waals surface area contributed by atoms with Crippen LogP contribution in [0.15, 0.2) is 29.3 Å². The number of aliphatic hydroxyl groups is 1.